The van der Waals surface area contributed by atoms with Crippen molar-refractivity contribution in [3.8, 4) is 0 Å². The lowest BCUT2D eigenvalue weighted by molar-refractivity contribution is -0.165. The normalized spacial score (nSPS) is 12.5. The molecule has 0 aliphatic heterocycles. The predicted molar refractivity (Wildman–Crippen MR) is 228 cm³/mol. The number of hydrogen-bond acceptors (Lipinski definition) is 9. The number of benzene rings is 2. The molecule has 0 spiro atoms. The Morgan fingerprint density at radius 3 is 1.65 bits per heavy atom. The Balaban J connectivity index is 0.000000355. The topological polar surface area (TPSA) is 148 Å². The number of carboxylic acids is 1. The third kappa shape index (κ3) is 18.7. The van der Waals surface area contributed by atoms with E-state index in [1.54, 1.807) is 17.3 Å². The van der Waals surface area contributed by atoms with Crippen LogP contribution >= 0.6 is 23.2 Å². The van der Waals surface area contributed by atoms with Gasteiger partial charge in [0.2, 0.25) is 5.91 Å². The van der Waals surface area contributed by atoms with Crippen molar-refractivity contribution in [3.05, 3.63) is 84.2 Å². The molecule has 312 valence electrons. The number of carboxylic acid groups (broad SMARTS) is 1. The monoisotopic (exact) mass is 826 g/mol. The van der Waals surface area contributed by atoms with E-state index < -0.39 is 29.2 Å². The molecule has 2 N–H and O–H groups in total. The standard InChI is InChI=1S/C22H29ClN2O3.C20H28N2O2.C2H3ClO2/c1-15(2)11-19(21(27)28-22(3,4)5)25(20(26)13-23)14-16-8-9-18-17(12-16)7-6-10-24-18;1-14(2)11-18(19(23)24-20(3,4)5)22-13-15-8-9-17-16(12-15)7-6-10-21-17;3-1-2(4)5/h6-10,12,15,19H,11,13-14H2,1-5H3;6-10,12,14,18,22H,11,13H2,1-5H3;1H2,(H,4,5)/t19-;18-;/m00./s1. The van der Waals surface area contributed by atoms with Crippen molar-refractivity contribution < 1.29 is 33.8 Å². The summed E-state index contributed by atoms with van der Waals surface area (Å²) >= 11 is 10.6. The van der Waals surface area contributed by atoms with E-state index in [0.717, 1.165) is 39.4 Å². The Morgan fingerprint density at radius 2 is 1.19 bits per heavy atom. The van der Waals surface area contributed by atoms with Crippen LogP contribution in [0, 0.1) is 11.8 Å². The first-order valence-electron chi connectivity index (χ1n) is 19.1. The molecule has 2 aromatic heterocycles. The van der Waals surface area contributed by atoms with E-state index in [9.17, 15) is 19.2 Å². The molecule has 0 aliphatic rings. The minimum atomic E-state index is -0.980. The zero-order valence-electron chi connectivity index (χ0n) is 35.0. The highest BCUT2D eigenvalue weighted by Gasteiger charge is 2.34. The number of hydrogen-bond donors (Lipinski definition) is 2. The lowest BCUT2D eigenvalue weighted by Gasteiger charge is -2.33. The van der Waals surface area contributed by atoms with Crippen LogP contribution < -0.4 is 5.32 Å². The van der Waals surface area contributed by atoms with Crippen LogP contribution in [0.1, 0.15) is 93.2 Å². The van der Waals surface area contributed by atoms with Crippen LogP contribution in [0.2, 0.25) is 0 Å². The number of rotatable bonds is 14. The minimum absolute atomic E-state index is 0.182. The molecule has 0 bridgehead atoms. The van der Waals surface area contributed by atoms with Crippen molar-refractivity contribution in [1.29, 1.82) is 0 Å². The Hall–Kier alpha value is -4.32. The molecule has 4 rings (SSSR count). The quantitative estimate of drug-likeness (QED) is 0.0933. The molecule has 4 aromatic rings. The number of carbonyl (C=O) groups is 4. The maximum atomic E-state index is 12.9. The molecule has 2 aromatic carbocycles. The summed E-state index contributed by atoms with van der Waals surface area (Å²) in [5.41, 5.74) is 2.81. The van der Waals surface area contributed by atoms with E-state index in [4.69, 9.17) is 37.8 Å². The SMILES string of the molecule is CC(C)C[C@@H](C(=O)OC(C)(C)C)N(Cc1ccc2ncccc2c1)C(=O)CCl.CC(C)C[C@H](NCc1ccc2ncccc2c1)C(=O)OC(C)(C)C.O=C(O)CCl. The maximum absolute atomic E-state index is 12.9. The van der Waals surface area contributed by atoms with Crippen LogP contribution in [0.15, 0.2) is 73.1 Å². The number of aliphatic carboxylic acids is 1. The molecule has 0 aliphatic carbocycles. The summed E-state index contributed by atoms with van der Waals surface area (Å²) in [6.45, 7) is 20.3. The zero-order chi connectivity index (χ0) is 42.9. The van der Waals surface area contributed by atoms with E-state index in [1.165, 1.54) is 0 Å². The van der Waals surface area contributed by atoms with Gasteiger partial charge in [0.05, 0.1) is 11.0 Å². The number of nitrogens with zero attached hydrogens (tertiary/aromatic N) is 3. The van der Waals surface area contributed by atoms with Crippen molar-refractivity contribution in [3.63, 3.8) is 0 Å². The van der Waals surface area contributed by atoms with Crippen molar-refractivity contribution >= 4 is 68.8 Å². The van der Waals surface area contributed by atoms with Crippen LogP contribution in [-0.4, -0.2) is 78.8 Å². The van der Waals surface area contributed by atoms with E-state index in [-0.39, 0.29) is 42.1 Å². The summed E-state index contributed by atoms with van der Waals surface area (Å²) in [5, 5.41) is 13.0. The fourth-order valence-corrected chi connectivity index (χ4v) is 5.77. The number of pyridine rings is 2. The van der Waals surface area contributed by atoms with Crippen molar-refractivity contribution in [1.82, 2.24) is 20.2 Å². The van der Waals surface area contributed by atoms with Gasteiger partial charge < -0.3 is 24.8 Å². The molecule has 0 unspecified atom stereocenters. The molecule has 13 heteroatoms. The number of carbonyl (C=O) groups excluding carboxylic acids is 3. The van der Waals surface area contributed by atoms with E-state index >= 15 is 0 Å². The number of esters is 2. The van der Waals surface area contributed by atoms with Gasteiger partial charge in [0.25, 0.3) is 0 Å². The van der Waals surface area contributed by atoms with Gasteiger partial charge in [-0.2, -0.15) is 0 Å². The first-order valence-corrected chi connectivity index (χ1v) is 20.2. The van der Waals surface area contributed by atoms with E-state index in [2.05, 4.69) is 35.2 Å². The van der Waals surface area contributed by atoms with Gasteiger partial charge in [0, 0.05) is 36.3 Å². The first-order chi connectivity index (χ1) is 26.6. The molecule has 0 saturated carbocycles. The lowest BCUT2D eigenvalue weighted by atomic mass is 10.0. The molecular formula is C44H60Cl2N4O7. The van der Waals surface area contributed by atoms with Crippen LogP contribution in [0.25, 0.3) is 21.8 Å². The number of aromatic nitrogens is 2. The number of ether oxygens (including phenoxy) is 2. The first kappa shape index (κ1) is 48.8. The van der Waals surface area contributed by atoms with Gasteiger partial charge in [-0.25, -0.2) is 4.79 Å². The van der Waals surface area contributed by atoms with Gasteiger partial charge in [0.15, 0.2) is 0 Å². The number of alkyl halides is 2. The van der Waals surface area contributed by atoms with Gasteiger partial charge in [-0.15, -0.1) is 23.2 Å². The Morgan fingerprint density at radius 1 is 0.719 bits per heavy atom. The third-order valence-electron chi connectivity index (χ3n) is 7.94. The Kier molecular flexibility index (Phi) is 19.9. The van der Waals surface area contributed by atoms with E-state index in [0.29, 0.717) is 18.9 Å². The number of halogens is 2. The second-order valence-corrected chi connectivity index (χ2v) is 17.1. The molecule has 0 fully saturated rings. The summed E-state index contributed by atoms with van der Waals surface area (Å²) in [7, 11) is 0. The fraction of sp³-hybridized carbons (Fsp3) is 0.500. The number of nitrogens with one attached hydrogen (secondary N) is 1. The Labute approximate surface area is 347 Å². The molecule has 0 radical (unpaired) electrons. The smallest absolute Gasteiger partial charge is 0.329 e. The van der Waals surface area contributed by atoms with Gasteiger partial charge in [-0.3, -0.25) is 24.4 Å². The van der Waals surface area contributed by atoms with Gasteiger partial charge >= 0.3 is 17.9 Å². The largest absolute Gasteiger partial charge is 0.480 e. The molecule has 2 heterocycles. The highest BCUT2D eigenvalue weighted by molar-refractivity contribution is 6.27. The summed E-state index contributed by atoms with van der Waals surface area (Å²) in [6.07, 6.45) is 4.80. The van der Waals surface area contributed by atoms with Gasteiger partial charge in [0.1, 0.15) is 35.0 Å². The molecule has 11 nitrogen and oxygen atoms in total. The summed E-state index contributed by atoms with van der Waals surface area (Å²) in [5.74, 6) is -1.72. The second-order valence-electron chi connectivity index (χ2n) is 16.5. The van der Waals surface area contributed by atoms with Gasteiger partial charge in [-0.05, 0) is 114 Å². The molecule has 57 heavy (non-hydrogen) atoms. The second kappa shape index (κ2) is 23.2. The van der Waals surface area contributed by atoms with Crippen LogP contribution in [0.4, 0.5) is 0 Å². The average Bonchev–Trinajstić information content (AvgIpc) is 3.13. The summed E-state index contributed by atoms with van der Waals surface area (Å²) in [6, 6.07) is 18.8. The maximum Gasteiger partial charge on any atom is 0.329 e. The van der Waals surface area contributed by atoms with Gasteiger partial charge in [-0.1, -0.05) is 52.0 Å². The highest BCUT2D eigenvalue weighted by Crippen LogP contribution is 2.22. The number of amides is 1. The van der Waals surface area contributed by atoms with Crippen molar-refractivity contribution in [2.75, 3.05) is 11.8 Å². The minimum Gasteiger partial charge on any atom is -0.480 e. The highest BCUT2D eigenvalue weighted by atomic mass is 35.5. The molecule has 2 atom stereocenters. The average molecular weight is 828 g/mol. The zero-order valence-corrected chi connectivity index (χ0v) is 36.5. The van der Waals surface area contributed by atoms with Crippen LogP contribution in [-0.2, 0) is 41.7 Å². The lowest BCUT2D eigenvalue weighted by Crippen LogP contribution is -2.48. The third-order valence-corrected chi connectivity index (χ3v) is 8.39. The van der Waals surface area contributed by atoms with Crippen LogP contribution in [0.3, 0.4) is 0 Å². The van der Waals surface area contributed by atoms with Crippen molar-refractivity contribution in [2.45, 2.75) is 118 Å². The summed E-state index contributed by atoms with van der Waals surface area (Å²) < 4.78 is 11.1. The van der Waals surface area contributed by atoms with Crippen molar-refractivity contribution in [2.24, 2.45) is 11.8 Å². The van der Waals surface area contributed by atoms with Crippen LogP contribution in [0.5, 0.6) is 0 Å². The van der Waals surface area contributed by atoms with E-state index in [1.807, 2.05) is 110 Å². The predicted octanol–water partition coefficient (Wildman–Crippen LogP) is 8.95. The Bertz CT molecular complexity index is 1910. The molecule has 1 amide bonds. The molecule has 0 saturated heterocycles. The summed E-state index contributed by atoms with van der Waals surface area (Å²) in [4.78, 5) is 57.4. The fourth-order valence-electron chi connectivity index (χ4n) is 5.62. The molecular weight excluding hydrogens is 767 g/mol. The number of fused-ring (bicyclic) bond motifs is 2.